The Kier molecular flexibility index (Phi) is 2.74. The number of aryl methyl sites for hydroxylation is 2. The molecular formula is C14H15N3O2. The first-order valence-electron chi connectivity index (χ1n) is 6.21. The molecule has 1 amide bonds. The minimum atomic E-state index is -0.259. The third-order valence-corrected chi connectivity index (χ3v) is 3.39. The number of benzene rings is 1. The highest BCUT2D eigenvalue weighted by Gasteiger charge is 2.30. The number of nitrogens with zero attached hydrogens (tertiary/aromatic N) is 1. The smallest absolute Gasteiger partial charge is 0.235 e. The van der Waals surface area contributed by atoms with E-state index in [0.29, 0.717) is 6.61 Å². The van der Waals surface area contributed by atoms with Crippen LogP contribution in [0.25, 0.3) is 0 Å². The molecule has 0 bridgehead atoms. The van der Waals surface area contributed by atoms with E-state index in [1.165, 1.54) is 0 Å². The highest BCUT2D eigenvalue weighted by atomic mass is 16.5. The van der Waals surface area contributed by atoms with Crippen LogP contribution in [0.4, 0.5) is 5.69 Å². The number of para-hydroxylation sites is 1. The van der Waals surface area contributed by atoms with Gasteiger partial charge in [-0.15, -0.1) is 0 Å². The Labute approximate surface area is 111 Å². The summed E-state index contributed by atoms with van der Waals surface area (Å²) >= 11 is 0. The molecule has 0 saturated heterocycles. The van der Waals surface area contributed by atoms with Crippen molar-refractivity contribution in [3.63, 3.8) is 0 Å². The quantitative estimate of drug-likeness (QED) is 0.866. The Hall–Kier alpha value is -2.30. The van der Waals surface area contributed by atoms with Crippen LogP contribution in [0.1, 0.15) is 22.9 Å². The number of fused-ring (bicyclic) bond motifs is 1. The predicted molar refractivity (Wildman–Crippen MR) is 71.4 cm³/mol. The number of nitrogens with one attached hydrogen (secondary N) is 2. The summed E-state index contributed by atoms with van der Waals surface area (Å²) in [5.74, 6) is 0.478. The molecule has 1 aromatic heterocycles. The first-order valence-corrected chi connectivity index (χ1v) is 6.21. The number of hydrogen-bond donors (Lipinski definition) is 2. The zero-order chi connectivity index (χ0) is 13.4. The molecule has 1 atom stereocenters. The first kappa shape index (κ1) is 11.8. The SMILES string of the molecule is Cc1n[nH]c(C)c1NC(=O)C1COc2ccccc21. The average molecular weight is 257 g/mol. The summed E-state index contributed by atoms with van der Waals surface area (Å²) in [6.45, 7) is 4.13. The van der Waals surface area contributed by atoms with Gasteiger partial charge in [0.2, 0.25) is 5.91 Å². The number of anilines is 1. The Morgan fingerprint density at radius 3 is 2.95 bits per heavy atom. The van der Waals surface area contributed by atoms with E-state index in [0.717, 1.165) is 28.4 Å². The van der Waals surface area contributed by atoms with Crippen LogP contribution in [0.3, 0.4) is 0 Å². The van der Waals surface area contributed by atoms with Gasteiger partial charge in [-0.25, -0.2) is 0 Å². The van der Waals surface area contributed by atoms with Crippen molar-refractivity contribution in [2.75, 3.05) is 11.9 Å². The van der Waals surface area contributed by atoms with Gasteiger partial charge >= 0.3 is 0 Å². The van der Waals surface area contributed by atoms with Crippen molar-refractivity contribution in [2.45, 2.75) is 19.8 Å². The van der Waals surface area contributed by atoms with Gasteiger partial charge in [-0.3, -0.25) is 9.89 Å². The average Bonchev–Trinajstić information content (AvgIpc) is 2.97. The van der Waals surface area contributed by atoms with Gasteiger partial charge in [-0.2, -0.15) is 5.10 Å². The third-order valence-electron chi connectivity index (χ3n) is 3.39. The Morgan fingerprint density at radius 1 is 1.42 bits per heavy atom. The van der Waals surface area contributed by atoms with Gasteiger partial charge in [0.15, 0.2) is 0 Å². The zero-order valence-electron chi connectivity index (χ0n) is 10.9. The maximum atomic E-state index is 12.3. The van der Waals surface area contributed by atoms with Gasteiger partial charge in [0.25, 0.3) is 0 Å². The van der Waals surface area contributed by atoms with E-state index in [-0.39, 0.29) is 11.8 Å². The van der Waals surface area contributed by atoms with Gasteiger partial charge in [-0.05, 0) is 19.9 Å². The molecule has 2 aromatic rings. The molecule has 0 fully saturated rings. The summed E-state index contributed by atoms with van der Waals surface area (Å²) in [6.07, 6.45) is 0. The second-order valence-corrected chi connectivity index (χ2v) is 4.70. The van der Waals surface area contributed by atoms with E-state index < -0.39 is 0 Å². The molecule has 0 saturated carbocycles. The van der Waals surface area contributed by atoms with Crippen molar-refractivity contribution in [3.8, 4) is 5.75 Å². The van der Waals surface area contributed by atoms with Gasteiger partial charge in [0.05, 0.1) is 17.1 Å². The monoisotopic (exact) mass is 257 g/mol. The molecule has 0 radical (unpaired) electrons. The largest absolute Gasteiger partial charge is 0.492 e. The van der Waals surface area contributed by atoms with Crippen molar-refractivity contribution < 1.29 is 9.53 Å². The van der Waals surface area contributed by atoms with Crippen LogP contribution in [0.2, 0.25) is 0 Å². The summed E-state index contributed by atoms with van der Waals surface area (Å²) in [7, 11) is 0. The van der Waals surface area contributed by atoms with E-state index in [2.05, 4.69) is 15.5 Å². The Morgan fingerprint density at radius 2 is 2.21 bits per heavy atom. The molecule has 5 heteroatoms. The maximum Gasteiger partial charge on any atom is 0.235 e. The zero-order valence-corrected chi connectivity index (χ0v) is 10.9. The fourth-order valence-electron chi connectivity index (χ4n) is 2.33. The number of carbonyl (C=O) groups is 1. The third kappa shape index (κ3) is 1.97. The number of amides is 1. The van der Waals surface area contributed by atoms with Crippen LogP contribution in [0.5, 0.6) is 5.75 Å². The van der Waals surface area contributed by atoms with Crippen LogP contribution in [0, 0.1) is 13.8 Å². The topological polar surface area (TPSA) is 67.0 Å². The molecule has 3 rings (SSSR count). The molecule has 1 aromatic carbocycles. The van der Waals surface area contributed by atoms with Gasteiger partial charge in [0, 0.05) is 5.56 Å². The van der Waals surface area contributed by atoms with E-state index in [1.807, 2.05) is 38.1 Å². The molecule has 1 aliphatic heterocycles. The summed E-state index contributed by atoms with van der Waals surface area (Å²) < 4.78 is 5.53. The van der Waals surface area contributed by atoms with Crippen LogP contribution in [-0.4, -0.2) is 22.7 Å². The minimum Gasteiger partial charge on any atom is -0.492 e. The number of rotatable bonds is 2. The fourth-order valence-corrected chi connectivity index (χ4v) is 2.33. The number of hydrogen-bond acceptors (Lipinski definition) is 3. The first-order chi connectivity index (χ1) is 9.16. The molecule has 1 unspecified atom stereocenters. The highest BCUT2D eigenvalue weighted by Crippen LogP contribution is 2.34. The normalized spacial score (nSPS) is 16.8. The fraction of sp³-hybridized carbons (Fsp3) is 0.286. The van der Waals surface area contributed by atoms with E-state index in [9.17, 15) is 4.79 Å². The molecule has 1 aliphatic rings. The standard InChI is InChI=1S/C14H15N3O2/c1-8-13(9(2)17-16-8)15-14(18)11-7-19-12-6-4-3-5-10(11)12/h3-6,11H,7H2,1-2H3,(H,15,18)(H,16,17). The van der Waals surface area contributed by atoms with E-state index in [4.69, 9.17) is 4.74 Å². The van der Waals surface area contributed by atoms with Crippen LogP contribution in [-0.2, 0) is 4.79 Å². The lowest BCUT2D eigenvalue weighted by Gasteiger charge is -2.10. The summed E-state index contributed by atoms with van der Waals surface area (Å²) in [5.41, 5.74) is 3.35. The molecule has 2 N–H and O–H groups in total. The van der Waals surface area contributed by atoms with Crippen LogP contribution in [0.15, 0.2) is 24.3 Å². The maximum absolute atomic E-state index is 12.3. The van der Waals surface area contributed by atoms with Crippen LogP contribution >= 0.6 is 0 Å². The van der Waals surface area contributed by atoms with Gasteiger partial charge < -0.3 is 10.1 Å². The minimum absolute atomic E-state index is 0.0578. The Balaban J connectivity index is 1.83. The molecule has 0 spiro atoms. The number of aromatic nitrogens is 2. The number of H-pyrrole nitrogens is 1. The Bertz CT molecular complexity index is 614. The lowest BCUT2D eigenvalue weighted by molar-refractivity contribution is -0.117. The molecular weight excluding hydrogens is 242 g/mol. The molecule has 0 aliphatic carbocycles. The van der Waals surface area contributed by atoms with Crippen molar-refractivity contribution >= 4 is 11.6 Å². The van der Waals surface area contributed by atoms with E-state index >= 15 is 0 Å². The second kappa shape index (κ2) is 4.42. The van der Waals surface area contributed by atoms with E-state index in [1.54, 1.807) is 0 Å². The predicted octanol–water partition coefficient (Wildman–Crippen LogP) is 2.14. The highest BCUT2D eigenvalue weighted by molar-refractivity contribution is 5.97. The number of ether oxygens (including phenoxy) is 1. The second-order valence-electron chi connectivity index (χ2n) is 4.70. The lowest BCUT2D eigenvalue weighted by atomic mass is 10.0. The van der Waals surface area contributed by atoms with Gasteiger partial charge in [0.1, 0.15) is 18.3 Å². The summed E-state index contributed by atoms with van der Waals surface area (Å²) in [5, 5.41) is 9.85. The van der Waals surface area contributed by atoms with Crippen molar-refractivity contribution in [1.82, 2.24) is 10.2 Å². The van der Waals surface area contributed by atoms with Crippen molar-refractivity contribution in [3.05, 3.63) is 41.2 Å². The summed E-state index contributed by atoms with van der Waals surface area (Å²) in [6, 6.07) is 7.64. The molecule has 19 heavy (non-hydrogen) atoms. The lowest BCUT2D eigenvalue weighted by Crippen LogP contribution is -2.22. The van der Waals surface area contributed by atoms with Crippen molar-refractivity contribution in [2.24, 2.45) is 0 Å². The molecule has 5 nitrogen and oxygen atoms in total. The van der Waals surface area contributed by atoms with Crippen LogP contribution < -0.4 is 10.1 Å². The van der Waals surface area contributed by atoms with Crippen molar-refractivity contribution in [1.29, 1.82) is 0 Å². The molecule has 98 valence electrons. The van der Waals surface area contributed by atoms with Gasteiger partial charge in [-0.1, -0.05) is 18.2 Å². The molecule has 2 heterocycles. The summed E-state index contributed by atoms with van der Waals surface area (Å²) in [4.78, 5) is 12.3. The number of carbonyl (C=O) groups excluding carboxylic acids is 1. The number of aromatic amines is 1.